The zero-order chi connectivity index (χ0) is 18.9. The molecule has 4 aliphatic rings. The Bertz CT molecular complexity index is 669. The van der Waals surface area contributed by atoms with Crippen LogP contribution in [0.1, 0.15) is 52.4 Å². The summed E-state index contributed by atoms with van der Waals surface area (Å²) in [6.45, 7) is 3.75. The molecule has 0 heterocycles. The summed E-state index contributed by atoms with van der Waals surface area (Å²) in [6.07, 6.45) is 4.34. The fraction of sp³-hybridized carbons (Fsp3) is 0.810. The molecule has 3 N–H and O–H groups in total. The number of fused-ring (bicyclic) bond motifs is 5. The number of carbonyl (C=O) groups excluding carboxylic acids is 2. The van der Waals surface area contributed by atoms with Crippen LogP contribution >= 0.6 is 0 Å². The first-order valence-corrected chi connectivity index (χ1v) is 9.97. The van der Waals surface area contributed by atoms with Gasteiger partial charge in [0.15, 0.2) is 11.6 Å². The molecule has 4 rings (SSSR count). The van der Waals surface area contributed by atoms with Crippen molar-refractivity contribution in [1.82, 2.24) is 0 Å². The summed E-state index contributed by atoms with van der Waals surface area (Å²) < 4.78 is 0. The Morgan fingerprint density at radius 2 is 2.00 bits per heavy atom. The summed E-state index contributed by atoms with van der Waals surface area (Å²) in [6, 6.07) is 0. The molecule has 5 heteroatoms. The normalized spacial score (nSPS) is 50.5. The first-order chi connectivity index (χ1) is 12.2. The lowest BCUT2D eigenvalue weighted by molar-refractivity contribution is -0.154. The van der Waals surface area contributed by atoms with E-state index in [1.54, 1.807) is 6.08 Å². The maximum atomic E-state index is 12.3. The van der Waals surface area contributed by atoms with Crippen molar-refractivity contribution in [2.45, 2.75) is 64.6 Å². The number of Topliss-reactive ketones (excluding diaryl/α,β-unsaturated/α-hetero) is 1. The molecular formula is C21H30O5. The van der Waals surface area contributed by atoms with Crippen LogP contribution < -0.4 is 0 Å². The Kier molecular flexibility index (Phi) is 4.22. The first-order valence-electron chi connectivity index (χ1n) is 9.97. The maximum Gasteiger partial charge on any atom is 0.161 e. The fourth-order valence-electron chi connectivity index (χ4n) is 7.38. The van der Waals surface area contributed by atoms with Gasteiger partial charge in [-0.25, -0.2) is 0 Å². The molecule has 0 aromatic heterocycles. The minimum absolute atomic E-state index is 0.0197. The van der Waals surface area contributed by atoms with Gasteiger partial charge in [0, 0.05) is 12.3 Å². The molecule has 144 valence electrons. The number of carbonyl (C=O) groups is 2. The van der Waals surface area contributed by atoms with Gasteiger partial charge in [0.25, 0.3) is 0 Å². The smallest absolute Gasteiger partial charge is 0.161 e. The van der Waals surface area contributed by atoms with E-state index in [0.717, 1.165) is 18.4 Å². The molecule has 0 saturated heterocycles. The average molecular weight is 362 g/mol. The van der Waals surface area contributed by atoms with Crippen LogP contribution in [0, 0.1) is 34.5 Å². The van der Waals surface area contributed by atoms with E-state index in [4.69, 9.17) is 0 Å². The number of rotatable bonds is 2. The standard InChI is InChI=1S/C21H30O5/c1-20-6-5-11(23)7-15(20)16(24)8-12-13-3-4-14(18(26)10-22)21(13,2)9-17(25)19(12)20/h7,12-14,16-17,19,22,24-25H,3-6,8-10H2,1-2H3/t12-,13-,14+,16-,17-,19+,20-,21-/m0/s1. The molecule has 0 aromatic rings. The topological polar surface area (TPSA) is 94.8 Å². The van der Waals surface area contributed by atoms with Gasteiger partial charge in [-0.15, -0.1) is 0 Å². The van der Waals surface area contributed by atoms with Crippen molar-refractivity contribution in [1.29, 1.82) is 0 Å². The van der Waals surface area contributed by atoms with Crippen molar-refractivity contribution < 1.29 is 24.9 Å². The summed E-state index contributed by atoms with van der Waals surface area (Å²) >= 11 is 0. The van der Waals surface area contributed by atoms with Crippen LogP contribution in [0.4, 0.5) is 0 Å². The Morgan fingerprint density at radius 1 is 1.27 bits per heavy atom. The highest BCUT2D eigenvalue weighted by atomic mass is 16.3. The van der Waals surface area contributed by atoms with Crippen molar-refractivity contribution in [3.05, 3.63) is 11.6 Å². The van der Waals surface area contributed by atoms with Gasteiger partial charge in [-0.3, -0.25) is 9.59 Å². The second kappa shape index (κ2) is 5.98. The largest absolute Gasteiger partial charge is 0.393 e. The zero-order valence-corrected chi connectivity index (χ0v) is 15.6. The molecule has 0 aliphatic heterocycles. The molecule has 0 aromatic carbocycles. The summed E-state index contributed by atoms with van der Waals surface area (Å²) in [5.41, 5.74) is 0.136. The Morgan fingerprint density at radius 3 is 2.69 bits per heavy atom. The Balaban J connectivity index is 1.74. The highest BCUT2D eigenvalue weighted by Gasteiger charge is 2.64. The predicted molar refractivity (Wildman–Crippen MR) is 95.1 cm³/mol. The Hall–Kier alpha value is -1.04. The molecule has 0 amide bonds. The van der Waals surface area contributed by atoms with Crippen LogP contribution in [0.15, 0.2) is 11.6 Å². The monoisotopic (exact) mass is 362 g/mol. The highest BCUT2D eigenvalue weighted by molar-refractivity contribution is 5.92. The van der Waals surface area contributed by atoms with Gasteiger partial charge in [0.1, 0.15) is 6.61 Å². The quantitative estimate of drug-likeness (QED) is 0.694. The van der Waals surface area contributed by atoms with Gasteiger partial charge in [0.05, 0.1) is 12.2 Å². The van der Waals surface area contributed by atoms with Crippen LogP contribution in [0.25, 0.3) is 0 Å². The van der Waals surface area contributed by atoms with Gasteiger partial charge < -0.3 is 15.3 Å². The van der Waals surface area contributed by atoms with E-state index in [1.165, 1.54) is 0 Å². The second-order valence-corrected chi connectivity index (χ2v) is 9.56. The van der Waals surface area contributed by atoms with Gasteiger partial charge in [-0.1, -0.05) is 13.8 Å². The number of hydrogen-bond acceptors (Lipinski definition) is 5. The number of ketones is 2. The average Bonchev–Trinajstić information content (AvgIpc) is 2.92. The molecule has 0 unspecified atom stereocenters. The summed E-state index contributed by atoms with van der Waals surface area (Å²) in [5, 5.41) is 31.4. The molecule has 5 nitrogen and oxygen atoms in total. The minimum Gasteiger partial charge on any atom is -0.393 e. The highest BCUT2D eigenvalue weighted by Crippen LogP contribution is 2.66. The molecule has 3 saturated carbocycles. The number of aliphatic hydroxyl groups excluding tert-OH is 3. The molecular weight excluding hydrogens is 332 g/mol. The third-order valence-corrected chi connectivity index (χ3v) is 8.45. The van der Waals surface area contributed by atoms with E-state index in [0.29, 0.717) is 25.7 Å². The molecule has 0 spiro atoms. The van der Waals surface area contributed by atoms with Gasteiger partial charge in [-0.05, 0) is 72.3 Å². The van der Waals surface area contributed by atoms with E-state index in [-0.39, 0.29) is 46.1 Å². The lowest BCUT2D eigenvalue weighted by Crippen LogP contribution is -2.59. The van der Waals surface area contributed by atoms with Crippen molar-refractivity contribution >= 4 is 11.6 Å². The molecule has 3 fully saturated rings. The van der Waals surface area contributed by atoms with Crippen LogP contribution in [0.5, 0.6) is 0 Å². The summed E-state index contributed by atoms with van der Waals surface area (Å²) in [5.74, 6) is 0.175. The molecule has 26 heavy (non-hydrogen) atoms. The van der Waals surface area contributed by atoms with Crippen LogP contribution in [0.2, 0.25) is 0 Å². The van der Waals surface area contributed by atoms with Crippen molar-refractivity contribution in [3.63, 3.8) is 0 Å². The predicted octanol–water partition coefficient (Wildman–Crippen LogP) is 1.64. The van der Waals surface area contributed by atoms with E-state index < -0.39 is 18.8 Å². The molecule has 0 bridgehead atoms. The fourth-order valence-corrected chi connectivity index (χ4v) is 7.38. The van der Waals surface area contributed by atoms with Crippen LogP contribution in [-0.2, 0) is 9.59 Å². The van der Waals surface area contributed by atoms with E-state index in [1.807, 2.05) is 0 Å². The van der Waals surface area contributed by atoms with Gasteiger partial charge in [0.2, 0.25) is 0 Å². The van der Waals surface area contributed by atoms with Gasteiger partial charge in [-0.2, -0.15) is 0 Å². The first kappa shape index (κ1) is 18.3. The molecule has 0 radical (unpaired) electrons. The third-order valence-electron chi connectivity index (χ3n) is 8.45. The number of hydrogen-bond donors (Lipinski definition) is 3. The van der Waals surface area contributed by atoms with E-state index in [9.17, 15) is 24.9 Å². The van der Waals surface area contributed by atoms with Crippen molar-refractivity contribution in [2.75, 3.05) is 6.61 Å². The van der Waals surface area contributed by atoms with Crippen LogP contribution in [0.3, 0.4) is 0 Å². The summed E-state index contributed by atoms with van der Waals surface area (Å²) in [4.78, 5) is 24.2. The minimum atomic E-state index is -0.646. The summed E-state index contributed by atoms with van der Waals surface area (Å²) in [7, 11) is 0. The number of aliphatic hydroxyl groups is 3. The lowest BCUT2D eigenvalue weighted by Gasteiger charge is -2.60. The zero-order valence-electron chi connectivity index (χ0n) is 15.6. The van der Waals surface area contributed by atoms with Crippen molar-refractivity contribution in [2.24, 2.45) is 34.5 Å². The SMILES string of the molecule is C[C@]12C[C@H](O)[C@H]3[C@@H](C[C@H](O)C4=CC(=O)CC[C@@]43C)[C@@H]1CC[C@@H]2C(=O)CO. The van der Waals surface area contributed by atoms with Gasteiger partial charge >= 0.3 is 0 Å². The Labute approximate surface area is 154 Å². The van der Waals surface area contributed by atoms with Crippen LogP contribution in [-0.4, -0.2) is 45.7 Å². The maximum absolute atomic E-state index is 12.3. The van der Waals surface area contributed by atoms with E-state index >= 15 is 0 Å². The molecule has 8 atom stereocenters. The lowest BCUT2D eigenvalue weighted by atomic mass is 9.45. The molecule has 4 aliphatic carbocycles. The second-order valence-electron chi connectivity index (χ2n) is 9.56. The van der Waals surface area contributed by atoms with E-state index in [2.05, 4.69) is 13.8 Å². The third kappa shape index (κ3) is 2.33. The van der Waals surface area contributed by atoms with Crippen molar-refractivity contribution in [3.8, 4) is 0 Å².